The van der Waals surface area contributed by atoms with Crippen molar-refractivity contribution in [3.63, 3.8) is 0 Å². The molecule has 1 aromatic carbocycles. The van der Waals surface area contributed by atoms with Crippen LogP contribution in [0.4, 0.5) is 4.39 Å². The van der Waals surface area contributed by atoms with Crippen molar-refractivity contribution < 1.29 is 19.4 Å². The lowest BCUT2D eigenvalue weighted by atomic mass is 9.90. The average molecular weight is 295 g/mol. The molecule has 1 amide bonds. The van der Waals surface area contributed by atoms with E-state index in [2.05, 4.69) is 0 Å². The summed E-state index contributed by atoms with van der Waals surface area (Å²) in [5.74, 6) is -0.356. The van der Waals surface area contributed by atoms with Crippen LogP contribution >= 0.6 is 0 Å². The molecule has 4 nitrogen and oxygen atoms in total. The lowest BCUT2D eigenvalue weighted by molar-refractivity contribution is -0.134. The summed E-state index contributed by atoms with van der Waals surface area (Å²) < 4.78 is 13.0. The summed E-state index contributed by atoms with van der Waals surface area (Å²) in [6.07, 6.45) is 1.49. The fourth-order valence-corrected chi connectivity index (χ4v) is 2.68. The molecule has 1 saturated carbocycles. The third kappa shape index (κ3) is 3.09. The molecule has 0 heterocycles. The van der Waals surface area contributed by atoms with Crippen LogP contribution in [0.2, 0.25) is 0 Å². The summed E-state index contributed by atoms with van der Waals surface area (Å²) in [6.45, 7) is 1.63. The molecule has 116 valence electrons. The SMILES string of the molecule is CN(CC(C)(CO)CO)C(=O)C1(c2ccc(F)cc2)CC1. The molecule has 21 heavy (non-hydrogen) atoms. The summed E-state index contributed by atoms with van der Waals surface area (Å²) in [7, 11) is 1.68. The Labute approximate surface area is 124 Å². The number of aliphatic hydroxyl groups excluding tert-OH is 2. The molecule has 0 bridgehead atoms. The van der Waals surface area contributed by atoms with Gasteiger partial charge in [0.25, 0.3) is 0 Å². The Morgan fingerprint density at radius 1 is 1.29 bits per heavy atom. The van der Waals surface area contributed by atoms with Gasteiger partial charge < -0.3 is 15.1 Å². The first-order valence-corrected chi connectivity index (χ1v) is 7.10. The van der Waals surface area contributed by atoms with Gasteiger partial charge in [-0.3, -0.25) is 4.79 Å². The second-order valence-corrected chi connectivity index (χ2v) is 6.38. The van der Waals surface area contributed by atoms with Gasteiger partial charge in [-0.25, -0.2) is 4.39 Å². The van der Waals surface area contributed by atoms with Crippen LogP contribution in [0.25, 0.3) is 0 Å². The lowest BCUT2D eigenvalue weighted by Gasteiger charge is -2.32. The van der Waals surface area contributed by atoms with Crippen molar-refractivity contribution in [2.45, 2.75) is 25.2 Å². The molecule has 2 rings (SSSR count). The molecule has 0 saturated heterocycles. The highest BCUT2D eigenvalue weighted by Gasteiger charge is 2.52. The minimum Gasteiger partial charge on any atom is -0.396 e. The average Bonchev–Trinajstić information content (AvgIpc) is 3.28. The van der Waals surface area contributed by atoms with E-state index in [0.29, 0.717) is 0 Å². The Bertz CT molecular complexity index is 507. The Kier molecular flexibility index (Phi) is 4.35. The largest absolute Gasteiger partial charge is 0.396 e. The second-order valence-electron chi connectivity index (χ2n) is 6.38. The second kappa shape index (κ2) is 5.73. The minimum atomic E-state index is -0.719. The minimum absolute atomic E-state index is 0.0396. The molecule has 1 aromatic rings. The van der Waals surface area contributed by atoms with Crippen LogP contribution in [0.3, 0.4) is 0 Å². The zero-order valence-corrected chi connectivity index (χ0v) is 12.5. The van der Waals surface area contributed by atoms with Crippen LogP contribution in [0.15, 0.2) is 24.3 Å². The molecule has 0 radical (unpaired) electrons. The number of aliphatic hydroxyl groups is 2. The Morgan fingerprint density at radius 3 is 2.24 bits per heavy atom. The smallest absolute Gasteiger partial charge is 0.232 e. The van der Waals surface area contributed by atoms with Crippen LogP contribution in [-0.2, 0) is 10.2 Å². The van der Waals surface area contributed by atoms with Gasteiger partial charge in [0, 0.05) is 19.0 Å². The fourth-order valence-electron chi connectivity index (χ4n) is 2.68. The van der Waals surface area contributed by atoms with Crippen molar-refractivity contribution in [2.24, 2.45) is 5.41 Å². The first-order valence-electron chi connectivity index (χ1n) is 7.10. The summed E-state index contributed by atoms with van der Waals surface area (Å²) >= 11 is 0. The highest BCUT2D eigenvalue weighted by atomic mass is 19.1. The van der Waals surface area contributed by atoms with Gasteiger partial charge in [0.2, 0.25) is 5.91 Å². The summed E-state index contributed by atoms with van der Waals surface area (Å²) in [6, 6.07) is 6.05. The van der Waals surface area contributed by atoms with Crippen LogP contribution in [-0.4, -0.2) is 47.8 Å². The number of rotatable bonds is 6. The Balaban J connectivity index is 2.14. The van der Waals surface area contributed by atoms with Crippen molar-refractivity contribution in [1.82, 2.24) is 4.90 Å². The van der Waals surface area contributed by atoms with Crippen molar-refractivity contribution in [3.8, 4) is 0 Å². The lowest BCUT2D eigenvalue weighted by Crippen LogP contribution is -2.45. The van der Waals surface area contributed by atoms with Gasteiger partial charge in [-0.05, 0) is 30.5 Å². The molecule has 0 unspecified atom stereocenters. The van der Waals surface area contributed by atoms with Crippen LogP contribution < -0.4 is 0 Å². The van der Waals surface area contributed by atoms with Crippen LogP contribution in [0, 0.1) is 11.2 Å². The van der Waals surface area contributed by atoms with E-state index in [4.69, 9.17) is 0 Å². The molecular weight excluding hydrogens is 273 g/mol. The number of carbonyl (C=O) groups excluding carboxylic acids is 1. The van der Waals surface area contributed by atoms with Gasteiger partial charge in [0.15, 0.2) is 0 Å². The number of hydrogen-bond acceptors (Lipinski definition) is 3. The quantitative estimate of drug-likeness (QED) is 0.832. The van der Waals surface area contributed by atoms with E-state index in [1.165, 1.54) is 12.1 Å². The van der Waals surface area contributed by atoms with E-state index in [9.17, 15) is 19.4 Å². The monoisotopic (exact) mass is 295 g/mol. The topological polar surface area (TPSA) is 60.8 Å². The summed E-state index contributed by atoms with van der Waals surface area (Å²) in [5, 5.41) is 18.7. The van der Waals surface area contributed by atoms with Gasteiger partial charge in [-0.2, -0.15) is 0 Å². The maximum absolute atomic E-state index is 13.0. The summed E-state index contributed by atoms with van der Waals surface area (Å²) in [4.78, 5) is 14.2. The first-order chi connectivity index (χ1) is 9.87. The van der Waals surface area contributed by atoms with Crippen molar-refractivity contribution in [1.29, 1.82) is 0 Å². The van der Waals surface area contributed by atoms with E-state index in [-0.39, 0.29) is 31.5 Å². The zero-order chi connectivity index (χ0) is 15.7. The predicted octanol–water partition coefficient (Wildman–Crippen LogP) is 1.31. The van der Waals surface area contributed by atoms with Gasteiger partial charge in [0.05, 0.1) is 18.6 Å². The number of hydrogen-bond donors (Lipinski definition) is 2. The standard InChI is InChI=1S/C16H22FNO3/c1-15(10-19,11-20)9-18(2)14(21)16(7-8-16)12-3-5-13(17)6-4-12/h3-6,19-20H,7-11H2,1-2H3. The highest BCUT2D eigenvalue weighted by Crippen LogP contribution is 2.49. The van der Waals surface area contributed by atoms with Gasteiger partial charge >= 0.3 is 0 Å². The fraction of sp³-hybridized carbons (Fsp3) is 0.562. The van der Waals surface area contributed by atoms with E-state index >= 15 is 0 Å². The van der Waals surface area contributed by atoms with E-state index in [1.54, 1.807) is 31.0 Å². The molecule has 1 aliphatic carbocycles. The van der Waals surface area contributed by atoms with Crippen molar-refractivity contribution in [3.05, 3.63) is 35.6 Å². The molecule has 1 fully saturated rings. The maximum atomic E-state index is 13.0. The third-order valence-corrected chi connectivity index (χ3v) is 4.29. The number of halogens is 1. The number of amides is 1. The number of likely N-dealkylation sites (N-methyl/N-ethyl adjacent to an activating group) is 1. The normalized spacial score (nSPS) is 16.6. The highest BCUT2D eigenvalue weighted by molar-refractivity contribution is 5.91. The molecule has 0 atom stereocenters. The van der Waals surface area contributed by atoms with E-state index in [0.717, 1.165) is 18.4 Å². The Hall–Kier alpha value is -1.46. The summed E-state index contributed by atoms with van der Waals surface area (Å²) in [5.41, 5.74) is -0.451. The van der Waals surface area contributed by atoms with Crippen LogP contribution in [0.1, 0.15) is 25.3 Å². The van der Waals surface area contributed by atoms with Gasteiger partial charge in [-0.1, -0.05) is 19.1 Å². The maximum Gasteiger partial charge on any atom is 0.232 e. The van der Waals surface area contributed by atoms with Gasteiger partial charge in [-0.15, -0.1) is 0 Å². The third-order valence-electron chi connectivity index (χ3n) is 4.29. The first kappa shape index (κ1) is 15.9. The molecule has 5 heteroatoms. The molecular formula is C16H22FNO3. The number of nitrogens with zero attached hydrogens (tertiary/aromatic N) is 1. The van der Waals surface area contributed by atoms with Crippen molar-refractivity contribution in [2.75, 3.05) is 26.8 Å². The van der Waals surface area contributed by atoms with E-state index < -0.39 is 10.8 Å². The zero-order valence-electron chi connectivity index (χ0n) is 12.5. The molecule has 1 aliphatic rings. The Morgan fingerprint density at radius 2 is 1.81 bits per heavy atom. The van der Waals surface area contributed by atoms with E-state index in [1.807, 2.05) is 0 Å². The van der Waals surface area contributed by atoms with Crippen molar-refractivity contribution >= 4 is 5.91 Å². The molecule has 2 N–H and O–H groups in total. The predicted molar refractivity (Wildman–Crippen MR) is 77.2 cm³/mol. The van der Waals surface area contributed by atoms with Crippen LogP contribution in [0.5, 0.6) is 0 Å². The number of carbonyl (C=O) groups is 1. The molecule has 0 aromatic heterocycles. The number of benzene rings is 1. The van der Waals surface area contributed by atoms with Gasteiger partial charge in [0.1, 0.15) is 5.82 Å². The molecule has 0 spiro atoms. The molecule has 0 aliphatic heterocycles.